The van der Waals surface area contributed by atoms with Gasteiger partial charge in [-0.25, -0.2) is 18.4 Å². The Kier molecular flexibility index (Phi) is 6.23. The molecule has 4 rings (SSSR count). The lowest BCUT2D eigenvalue weighted by atomic mass is 10.1. The number of ether oxygens (including phenoxy) is 1. The zero-order valence-corrected chi connectivity index (χ0v) is 18.7. The average Bonchev–Trinajstić information content (AvgIpc) is 2.80. The first-order chi connectivity index (χ1) is 15.5. The number of aryl methyl sites for hydroxylation is 1. The molecular formula is C24H24N4O3S. The fourth-order valence-corrected chi connectivity index (χ4v) is 4.31. The third kappa shape index (κ3) is 4.65. The van der Waals surface area contributed by atoms with Crippen molar-refractivity contribution in [2.75, 3.05) is 16.6 Å². The molecule has 8 heteroatoms. The van der Waals surface area contributed by atoms with Crippen LogP contribution in [0.3, 0.4) is 0 Å². The molecule has 164 valence electrons. The van der Waals surface area contributed by atoms with E-state index in [1.54, 1.807) is 18.2 Å². The predicted octanol–water partition coefficient (Wildman–Crippen LogP) is 5.14. The lowest BCUT2D eigenvalue weighted by Crippen LogP contribution is -2.16. The van der Waals surface area contributed by atoms with E-state index < -0.39 is 10.0 Å². The Labute approximate surface area is 187 Å². The van der Waals surface area contributed by atoms with Crippen LogP contribution < -0.4 is 14.8 Å². The van der Waals surface area contributed by atoms with Gasteiger partial charge >= 0.3 is 0 Å². The van der Waals surface area contributed by atoms with E-state index in [1.807, 2.05) is 49.4 Å². The van der Waals surface area contributed by atoms with Crippen LogP contribution in [0.2, 0.25) is 0 Å². The van der Waals surface area contributed by atoms with Gasteiger partial charge in [0.2, 0.25) is 0 Å². The van der Waals surface area contributed by atoms with Crippen molar-refractivity contribution in [3.8, 4) is 5.75 Å². The molecule has 0 aliphatic carbocycles. The number of nitrogens with zero attached hydrogens (tertiary/aromatic N) is 2. The van der Waals surface area contributed by atoms with E-state index >= 15 is 0 Å². The monoisotopic (exact) mass is 448 g/mol. The predicted molar refractivity (Wildman–Crippen MR) is 127 cm³/mol. The van der Waals surface area contributed by atoms with Gasteiger partial charge in [-0.2, -0.15) is 0 Å². The number of hydrogen-bond acceptors (Lipinski definition) is 6. The number of sulfonamides is 1. The van der Waals surface area contributed by atoms with E-state index in [9.17, 15) is 8.42 Å². The first kappa shape index (κ1) is 21.6. The topological polar surface area (TPSA) is 93.2 Å². The Morgan fingerprint density at radius 3 is 2.09 bits per heavy atom. The summed E-state index contributed by atoms with van der Waals surface area (Å²) in [6.07, 6.45) is 0.817. The molecule has 1 aromatic heterocycles. The molecule has 2 N–H and O–H groups in total. The molecule has 0 radical (unpaired) electrons. The molecule has 0 atom stereocenters. The van der Waals surface area contributed by atoms with Crippen LogP contribution in [0.5, 0.6) is 5.75 Å². The Hall–Kier alpha value is -3.65. The van der Waals surface area contributed by atoms with Gasteiger partial charge in [0.1, 0.15) is 5.75 Å². The Morgan fingerprint density at radius 2 is 1.44 bits per heavy atom. The minimum atomic E-state index is -3.89. The van der Waals surface area contributed by atoms with E-state index in [2.05, 4.69) is 26.9 Å². The van der Waals surface area contributed by atoms with Crippen LogP contribution in [-0.4, -0.2) is 25.0 Å². The van der Waals surface area contributed by atoms with Crippen molar-refractivity contribution < 1.29 is 13.2 Å². The van der Waals surface area contributed by atoms with Crippen LogP contribution in [-0.2, 0) is 16.4 Å². The zero-order chi connectivity index (χ0) is 22.6. The average molecular weight is 449 g/mol. The molecule has 0 aliphatic rings. The molecule has 3 aromatic carbocycles. The van der Waals surface area contributed by atoms with Gasteiger partial charge in [0.05, 0.1) is 22.5 Å². The van der Waals surface area contributed by atoms with E-state index in [4.69, 9.17) is 4.74 Å². The van der Waals surface area contributed by atoms with E-state index in [0.717, 1.165) is 17.7 Å². The summed E-state index contributed by atoms with van der Waals surface area (Å²) in [7, 11) is -3.89. The third-order valence-corrected chi connectivity index (χ3v) is 6.25. The molecule has 0 unspecified atom stereocenters. The van der Waals surface area contributed by atoms with E-state index in [-0.39, 0.29) is 10.7 Å². The molecule has 0 bridgehead atoms. The minimum absolute atomic E-state index is 0.107. The fourth-order valence-electron chi connectivity index (χ4n) is 3.30. The smallest absolute Gasteiger partial charge is 0.263 e. The minimum Gasteiger partial charge on any atom is -0.494 e. The molecule has 0 fully saturated rings. The summed E-state index contributed by atoms with van der Waals surface area (Å²) in [6.45, 7) is 4.43. The SMILES string of the molecule is CCOc1ccc(S(=O)(=O)Nc2nc3ccccc3nc2Nc2ccccc2CC)cc1. The Balaban J connectivity index is 1.74. The first-order valence-corrected chi connectivity index (χ1v) is 11.9. The number of fused-ring (bicyclic) bond motifs is 1. The second-order valence-electron chi connectivity index (χ2n) is 7.06. The van der Waals surface area contributed by atoms with Gasteiger partial charge in [-0.05, 0) is 61.4 Å². The van der Waals surface area contributed by atoms with Gasteiger partial charge in [0.25, 0.3) is 10.0 Å². The summed E-state index contributed by atoms with van der Waals surface area (Å²) >= 11 is 0. The maximum atomic E-state index is 13.1. The van der Waals surface area contributed by atoms with Crippen LogP contribution in [0, 0.1) is 0 Å². The number of aromatic nitrogens is 2. The normalized spacial score (nSPS) is 11.3. The van der Waals surface area contributed by atoms with E-state index in [0.29, 0.717) is 29.2 Å². The summed E-state index contributed by atoms with van der Waals surface area (Å²) < 4.78 is 34.2. The number of anilines is 3. The number of hydrogen-bond donors (Lipinski definition) is 2. The summed E-state index contributed by atoms with van der Waals surface area (Å²) in [5, 5.41) is 3.26. The quantitative estimate of drug-likeness (QED) is 0.388. The molecule has 7 nitrogen and oxygen atoms in total. The second-order valence-corrected chi connectivity index (χ2v) is 8.74. The van der Waals surface area contributed by atoms with Gasteiger partial charge in [0, 0.05) is 5.69 Å². The standard InChI is InChI=1S/C24H24N4O3S/c1-3-17-9-5-6-10-20(17)25-23-24(27-22-12-8-7-11-21(22)26-23)28-32(29,30)19-15-13-18(14-16-19)31-4-2/h5-16H,3-4H2,1-2H3,(H,25,26)(H,27,28). The zero-order valence-electron chi connectivity index (χ0n) is 17.9. The molecule has 4 aromatic rings. The lowest BCUT2D eigenvalue weighted by Gasteiger charge is -2.15. The van der Waals surface area contributed by atoms with Crippen molar-refractivity contribution in [3.63, 3.8) is 0 Å². The van der Waals surface area contributed by atoms with Gasteiger partial charge in [0.15, 0.2) is 11.6 Å². The fraction of sp³-hybridized carbons (Fsp3) is 0.167. The summed E-state index contributed by atoms with van der Waals surface area (Å²) in [4.78, 5) is 9.29. The maximum absolute atomic E-state index is 13.1. The molecule has 0 aliphatic heterocycles. The molecular weight excluding hydrogens is 424 g/mol. The van der Waals surface area contributed by atoms with Crippen LogP contribution >= 0.6 is 0 Å². The highest BCUT2D eigenvalue weighted by Crippen LogP contribution is 2.29. The van der Waals surface area contributed by atoms with E-state index in [1.165, 1.54) is 12.1 Å². The molecule has 1 heterocycles. The Bertz CT molecular complexity index is 1340. The summed E-state index contributed by atoms with van der Waals surface area (Å²) in [5.74, 6) is 1.07. The van der Waals surface area contributed by atoms with Crippen LogP contribution in [0.25, 0.3) is 11.0 Å². The highest BCUT2D eigenvalue weighted by molar-refractivity contribution is 7.92. The summed E-state index contributed by atoms with van der Waals surface area (Å²) in [5.41, 5.74) is 3.18. The largest absolute Gasteiger partial charge is 0.494 e. The maximum Gasteiger partial charge on any atom is 0.263 e. The third-order valence-electron chi connectivity index (χ3n) is 4.90. The number of para-hydroxylation sites is 3. The van der Waals surface area contributed by atoms with Crippen molar-refractivity contribution in [2.24, 2.45) is 0 Å². The molecule has 0 amide bonds. The molecule has 0 saturated carbocycles. The number of rotatable bonds is 8. The second kappa shape index (κ2) is 9.23. The van der Waals surface area contributed by atoms with Crippen molar-refractivity contribution in [3.05, 3.63) is 78.4 Å². The number of nitrogens with one attached hydrogen (secondary N) is 2. The van der Waals surface area contributed by atoms with Crippen LogP contribution in [0.15, 0.2) is 77.7 Å². The molecule has 0 saturated heterocycles. The van der Waals surface area contributed by atoms with Gasteiger partial charge in [-0.1, -0.05) is 37.3 Å². The lowest BCUT2D eigenvalue weighted by molar-refractivity contribution is 0.340. The van der Waals surface area contributed by atoms with Gasteiger partial charge < -0.3 is 10.1 Å². The van der Waals surface area contributed by atoms with Crippen molar-refractivity contribution in [1.29, 1.82) is 0 Å². The van der Waals surface area contributed by atoms with Crippen molar-refractivity contribution in [1.82, 2.24) is 9.97 Å². The van der Waals surface area contributed by atoms with Crippen molar-refractivity contribution >= 4 is 38.4 Å². The Morgan fingerprint density at radius 1 is 0.812 bits per heavy atom. The summed E-state index contributed by atoms with van der Waals surface area (Å²) in [6, 6.07) is 21.4. The number of benzene rings is 3. The molecule has 32 heavy (non-hydrogen) atoms. The van der Waals surface area contributed by atoms with Gasteiger partial charge in [-0.15, -0.1) is 0 Å². The first-order valence-electron chi connectivity index (χ1n) is 10.4. The highest BCUT2D eigenvalue weighted by Gasteiger charge is 2.19. The van der Waals surface area contributed by atoms with Crippen LogP contribution in [0.1, 0.15) is 19.4 Å². The van der Waals surface area contributed by atoms with Gasteiger partial charge in [-0.3, -0.25) is 4.72 Å². The molecule has 0 spiro atoms. The highest BCUT2D eigenvalue weighted by atomic mass is 32.2. The van der Waals surface area contributed by atoms with Crippen LogP contribution in [0.4, 0.5) is 17.3 Å². The van der Waals surface area contributed by atoms with Crippen molar-refractivity contribution in [2.45, 2.75) is 25.2 Å².